The van der Waals surface area contributed by atoms with Crippen molar-refractivity contribution in [2.24, 2.45) is 5.92 Å². The van der Waals surface area contributed by atoms with E-state index in [1.54, 1.807) is 23.1 Å². The van der Waals surface area contributed by atoms with Gasteiger partial charge in [-0.05, 0) is 43.2 Å². The van der Waals surface area contributed by atoms with Gasteiger partial charge in [-0.15, -0.1) is 0 Å². The first-order valence-electron chi connectivity index (χ1n) is 9.25. The molecule has 1 saturated heterocycles. The first-order valence-corrected chi connectivity index (χ1v) is 9.25. The lowest BCUT2D eigenvalue weighted by Gasteiger charge is -2.32. The van der Waals surface area contributed by atoms with Crippen LogP contribution in [0.15, 0.2) is 48.5 Å². The number of ether oxygens (including phenoxy) is 2. The van der Waals surface area contributed by atoms with Crippen LogP contribution in [0.1, 0.15) is 23.2 Å². The van der Waals surface area contributed by atoms with E-state index in [2.05, 4.69) is 5.32 Å². The van der Waals surface area contributed by atoms with E-state index in [1.165, 1.54) is 0 Å². The lowest BCUT2D eigenvalue weighted by atomic mass is 9.96. The highest BCUT2D eigenvalue weighted by Crippen LogP contribution is 2.31. The number of para-hydroxylation sites is 1. The van der Waals surface area contributed by atoms with Crippen molar-refractivity contribution in [3.63, 3.8) is 0 Å². The molecule has 0 spiro atoms. The third-order valence-electron chi connectivity index (χ3n) is 4.91. The van der Waals surface area contributed by atoms with Crippen molar-refractivity contribution in [1.82, 2.24) is 4.90 Å². The van der Waals surface area contributed by atoms with Crippen LogP contribution in [0.5, 0.6) is 11.5 Å². The van der Waals surface area contributed by atoms with Crippen LogP contribution >= 0.6 is 0 Å². The summed E-state index contributed by atoms with van der Waals surface area (Å²) in [7, 11) is 0. The maximum absolute atomic E-state index is 12.9. The molecule has 0 aliphatic carbocycles. The molecule has 140 valence electrons. The zero-order chi connectivity index (χ0) is 18.6. The number of amides is 2. The topological polar surface area (TPSA) is 67.9 Å². The molecule has 0 radical (unpaired) electrons. The third-order valence-corrected chi connectivity index (χ3v) is 4.91. The Kier molecular flexibility index (Phi) is 4.96. The Labute approximate surface area is 158 Å². The molecule has 1 N–H and O–H groups in total. The van der Waals surface area contributed by atoms with Crippen LogP contribution in [-0.4, -0.2) is 43.0 Å². The Morgan fingerprint density at radius 3 is 2.59 bits per heavy atom. The largest absolute Gasteiger partial charge is 0.486 e. The molecule has 0 bridgehead atoms. The number of piperidine rings is 1. The maximum atomic E-state index is 12.9. The Morgan fingerprint density at radius 1 is 1.00 bits per heavy atom. The second-order valence-corrected chi connectivity index (χ2v) is 6.80. The number of rotatable bonds is 3. The minimum atomic E-state index is -0.208. The Morgan fingerprint density at radius 2 is 1.78 bits per heavy atom. The number of nitrogens with zero attached hydrogens (tertiary/aromatic N) is 1. The predicted molar refractivity (Wildman–Crippen MR) is 101 cm³/mol. The average molecular weight is 366 g/mol. The molecule has 6 heteroatoms. The van der Waals surface area contributed by atoms with Crippen LogP contribution in [0.4, 0.5) is 5.69 Å². The highest BCUT2D eigenvalue weighted by atomic mass is 16.6. The van der Waals surface area contributed by atoms with E-state index in [1.807, 2.05) is 30.3 Å². The monoisotopic (exact) mass is 366 g/mol. The molecule has 0 saturated carbocycles. The number of fused-ring (bicyclic) bond motifs is 1. The zero-order valence-corrected chi connectivity index (χ0v) is 15.0. The minimum absolute atomic E-state index is 0.0409. The van der Waals surface area contributed by atoms with Gasteiger partial charge in [0.25, 0.3) is 5.91 Å². The second-order valence-electron chi connectivity index (χ2n) is 6.80. The summed E-state index contributed by atoms with van der Waals surface area (Å²) in [6.45, 7) is 2.08. The van der Waals surface area contributed by atoms with Crippen molar-refractivity contribution in [3.05, 3.63) is 54.1 Å². The quantitative estimate of drug-likeness (QED) is 0.907. The lowest BCUT2D eigenvalue weighted by molar-refractivity contribution is -0.121. The standard InChI is InChI=1S/C21H22N2O4/c24-20(22-17-6-2-1-3-7-17)16-5-4-10-23(14-16)21(25)15-8-9-18-19(13-15)27-12-11-26-18/h1-3,6-9,13,16H,4-5,10-12,14H2,(H,22,24). The van der Waals surface area contributed by atoms with Crippen LogP contribution < -0.4 is 14.8 Å². The number of carbonyl (C=O) groups is 2. The van der Waals surface area contributed by atoms with Gasteiger partial charge in [-0.3, -0.25) is 9.59 Å². The van der Waals surface area contributed by atoms with E-state index < -0.39 is 0 Å². The van der Waals surface area contributed by atoms with Gasteiger partial charge in [0.1, 0.15) is 13.2 Å². The predicted octanol–water partition coefficient (Wildman–Crippen LogP) is 2.95. The molecule has 2 heterocycles. The number of likely N-dealkylation sites (tertiary alicyclic amines) is 1. The van der Waals surface area contributed by atoms with Crippen molar-refractivity contribution in [3.8, 4) is 11.5 Å². The first-order chi connectivity index (χ1) is 13.2. The molecule has 2 aromatic carbocycles. The van der Waals surface area contributed by atoms with E-state index in [9.17, 15) is 9.59 Å². The Balaban J connectivity index is 1.43. The number of anilines is 1. The van der Waals surface area contributed by atoms with Crippen LogP contribution in [0, 0.1) is 5.92 Å². The van der Waals surface area contributed by atoms with Crippen molar-refractivity contribution in [2.45, 2.75) is 12.8 Å². The number of benzene rings is 2. The van der Waals surface area contributed by atoms with Crippen LogP contribution in [0.2, 0.25) is 0 Å². The fraction of sp³-hybridized carbons (Fsp3) is 0.333. The maximum Gasteiger partial charge on any atom is 0.254 e. The molecule has 6 nitrogen and oxygen atoms in total. The van der Waals surface area contributed by atoms with Gasteiger partial charge >= 0.3 is 0 Å². The molecule has 0 aromatic heterocycles. The number of hydrogen-bond donors (Lipinski definition) is 1. The summed E-state index contributed by atoms with van der Waals surface area (Å²) in [6, 6.07) is 14.6. The summed E-state index contributed by atoms with van der Waals surface area (Å²) in [6.07, 6.45) is 1.59. The molecular formula is C21H22N2O4. The molecule has 4 rings (SSSR count). The van der Waals surface area contributed by atoms with Crippen molar-refractivity contribution >= 4 is 17.5 Å². The fourth-order valence-electron chi connectivity index (χ4n) is 3.50. The summed E-state index contributed by atoms with van der Waals surface area (Å²) >= 11 is 0. The number of carbonyl (C=O) groups excluding carboxylic acids is 2. The molecule has 2 amide bonds. The van der Waals surface area contributed by atoms with Crippen molar-refractivity contribution < 1.29 is 19.1 Å². The highest BCUT2D eigenvalue weighted by molar-refractivity contribution is 5.96. The lowest BCUT2D eigenvalue weighted by Crippen LogP contribution is -2.43. The summed E-state index contributed by atoms with van der Waals surface area (Å²) in [4.78, 5) is 27.2. The summed E-state index contributed by atoms with van der Waals surface area (Å²) in [5, 5.41) is 2.94. The Hall–Kier alpha value is -3.02. The average Bonchev–Trinajstić information content (AvgIpc) is 2.73. The fourth-order valence-corrected chi connectivity index (χ4v) is 3.50. The molecule has 1 unspecified atom stereocenters. The molecule has 1 fully saturated rings. The Bertz CT molecular complexity index is 837. The van der Waals surface area contributed by atoms with Crippen LogP contribution in [-0.2, 0) is 4.79 Å². The van der Waals surface area contributed by atoms with E-state index in [-0.39, 0.29) is 17.7 Å². The zero-order valence-electron chi connectivity index (χ0n) is 15.0. The summed E-state index contributed by atoms with van der Waals surface area (Å²) in [5.74, 6) is 0.934. The molecular weight excluding hydrogens is 344 g/mol. The first kappa shape index (κ1) is 17.4. The molecule has 1 atom stereocenters. The van der Waals surface area contributed by atoms with E-state index in [4.69, 9.17) is 9.47 Å². The van der Waals surface area contributed by atoms with Crippen molar-refractivity contribution in [1.29, 1.82) is 0 Å². The SMILES string of the molecule is O=C(Nc1ccccc1)C1CCCN(C(=O)c2ccc3c(c2)OCCO3)C1. The second kappa shape index (κ2) is 7.70. The van der Waals surface area contributed by atoms with Gasteiger partial charge in [0, 0.05) is 24.3 Å². The van der Waals surface area contributed by atoms with E-state index >= 15 is 0 Å². The molecule has 2 aromatic rings. The van der Waals surface area contributed by atoms with Gasteiger partial charge < -0.3 is 19.7 Å². The highest BCUT2D eigenvalue weighted by Gasteiger charge is 2.29. The normalized spacial score (nSPS) is 18.7. The molecule has 2 aliphatic heterocycles. The minimum Gasteiger partial charge on any atom is -0.486 e. The summed E-state index contributed by atoms with van der Waals surface area (Å²) in [5.41, 5.74) is 1.33. The van der Waals surface area contributed by atoms with Gasteiger partial charge in [-0.2, -0.15) is 0 Å². The number of nitrogens with one attached hydrogen (secondary N) is 1. The molecule has 27 heavy (non-hydrogen) atoms. The van der Waals surface area contributed by atoms with Gasteiger partial charge in [0.15, 0.2) is 11.5 Å². The summed E-state index contributed by atoms with van der Waals surface area (Å²) < 4.78 is 11.1. The smallest absolute Gasteiger partial charge is 0.254 e. The van der Waals surface area contributed by atoms with Crippen molar-refractivity contribution in [2.75, 3.05) is 31.6 Å². The van der Waals surface area contributed by atoms with E-state index in [0.29, 0.717) is 43.4 Å². The van der Waals surface area contributed by atoms with Crippen LogP contribution in [0.25, 0.3) is 0 Å². The third kappa shape index (κ3) is 3.89. The van der Waals surface area contributed by atoms with Gasteiger partial charge in [0.2, 0.25) is 5.91 Å². The van der Waals surface area contributed by atoms with Gasteiger partial charge in [-0.25, -0.2) is 0 Å². The van der Waals surface area contributed by atoms with Crippen LogP contribution in [0.3, 0.4) is 0 Å². The number of hydrogen-bond acceptors (Lipinski definition) is 4. The van der Waals surface area contributed by atoms with Gasteiger partial charge in [0.05, 0.1) is 5.92 Å². The van der Waals surface area contributed by atoms with Gasteiger partial charge in [-0.1, -0.05) is 18.2 Å². The molecule has 2 aliphatic rings. The van der Waals surface area contributed by atoms with E-state index in [0.717, 1.165) is 18.5 Å².